The first-order valence-electron chi connectivity index (χ1n) is 6.74. The zero-order valence-electron chi connectivity index (χ0n) is 11.7. The Kier molecular flexibility index (Phi) is 3.60. The van der Waals surface area contributed by atoms with E-state index < -0.39 is 0 Å². The summed E-state index contributed by atoms with van der Waals surface area (Å²) in [6.07, 6.45) is 0. The van der Waals surface area contributed by atoms with E-state index in [9.17, 15) is 4.79 Å². The van der Waals surface area contributed by atoms with Gasteiger partial charge in [-0.25, -0.2) is 4.68 Å². The zero-order valence-corrected chi connectivity index (χ0v) is 11.7. The van der Waals surface area contributed by atoms with Crippen molar-refractivity contribution in [3.8, 4) is 17.0 Å². The molecule has 106 valence electrons. The van der Waals surface area contributed by atoms with Crippen molar-refractivity contribution in [3.05, 3.63) is 76.6 Å². The molecule has 1 aromatic heterocycles. The topological polar surface area (TPSA) is 47.0 Å². The summed E-state index contributed by atoms with van der Waals surface area (Å²) in [6, 6.07) is 19.1. The minimum Gasteiger partial charge on any atom is -0.497 e. The van der Waals surface area contributed by atoms with E-state index in [-0.39, 0.29) is 5.56 Å². The van der Waals surface area contributed by atoms with Gasteiger partial charge in [0.05, 0.1) is 19.3 Å². The van der Waals surface area contributed by atoms with Crippen molar-refractivity contribution in [1.82, 2.24) is 9.78 Å². The number of aromatic amines is 1. The first-order valence-corrected chi connectivity index (χ1v) is 6.74. The summed E-state index contributed by atoms with van der Waals surface area (Å²) >= 11 is 0. The highest BCUT2D eigenvalue weighted by Crippen LogP contribution is 2.19. The van der Waals surface area contributed by atoms with E-state index in [1.807, 2.05) is 54.6 Å². The molecule has 4 nitrogen and oxygen atoms in total. The van der Waals surface area contributed by atoms with Crippen LogP contribution in [0.2, 0.25) is 0 Å². The van der Waals surface area contributed by atoms with Crippen LogP contribution in [0.1, 0.15) is 5.56 Å². The van der Waals surface area contributed by atoms with Gasteiger partial charge in [-0.1, -0.05) is 30.3 Å². The number of ether oxygens (including phenoxy) is 1. The highest BCUT2D eigenvalue weighted by Gasteiger charge is 2.06. The molecule has 3 aromatic rings. The van der Waals surface area contributed by atoms with E-state index in [0.717, 1.165) is 22.6 Å². The van der Waals surface area contributed by atoms with Crippen molar-refractivity contribution in [1.29, 1.82) is 0 Å². The number of benzene rings is 2. The smallest absolute Gasteiger partial charge is 0.267 e. The molecule has 0 radical (unpaired) electrons. The minimum absolute atomic E-state index is 0.0373. The Morgan fingerprint density at radius 2 is 1.76 bits per heavy atom. The lowest BCUT2D eigenvalue weighted by molar-refractivity contribution is 0.415. The van der Waals surface area contributed by atoms with Gasteiger partial charge in [-0.15, -0.1) is 0 Å². The number of methoxy groups -OCH3 is 1. The lowest BCUT2D eigenvalue weighted by Gasteiger charge is -2.03. The Morgan fingerprint density at radius 1 is 1.05 bits per heavy atom. The SMILES string of the molecule is COc1ccc(-c2cc(=O)n(Cc3ccccc3)[nH]2)cc1. The van der Waals surface area contributed by atoms with E-state index in [2.05, 4.69) is 5.10 Å². The van der Waals surface area contributed by atoms with Gasteiger partial charge in [-0.3, -0.25) is 9.89 Å². The zero-order chi connectivity index (χ0) is 14.7. The normalized spacial score (nSPS) is 10.5. The lowest BCUT2D eigenvalue weighted by Crippen LogP contribution is -2.16. The molecule has 0 aliphatic carbocycles. The predicted octanol–water partition coefficient (Wildman–Crippen LogP) is 2.90. The Balaban J connectivity index is 1.88. The van der Waals surface area contributed by atoms with Gasteiger partial charge in [0.15, 0.2) is 0 Å². The quantitative estimate of drug-likeness (QED) is 0.798. The standard InChI is InChI=1S/C17H16N2O2/c1-21-15-9-7-14(8-10-15)16-11-17(20)19(18-16)12-13-5-3-2-4-6-13/h2-11,18H,12H2,1H3. The molecular formula is C17H16N2O2. The maximum Gasteiger partial charge on any atom is 0.267 e. The average Bonchev–Trinajstić information content (AvgIpc) is 2.89. The highest BCUT2D eigenvalue weighted by atomic mass is 16.5. The average molecular weight is 280 g/mol. The summed E-state index contributed by atoms with van der Waals surface area (Å²) in [6.45, 7) is 0.538. The summed E-state index contributed by atoms with van der Waals surface area (Å²) in [5.74, 6) is 0.796. The molecule has 0 aliphatic rings. The molecule has 21 heavy (non-hydrogen) atoms. The fourth-order valence-corrected chi connectivity index (χ4v) is 2.24. The number of nitrogens with one attached hydrogen (secondary N) is 1. The molecule has 0 bridgehead atoms. The van der Waals surface area contributed by atoms with Gasteiger partial charge in [0, 0.05) is 6.07 Å². The summed E-state index contributed by atoms with van der Waals surface area (Å²) in [5.41, 5.74) is 2.81. The van der Waals surface area contributed by atoms with Crippen LogP contribution in [0.15, 0.2) is 65.5 Å². The summed E-state index contributed by atoms with van der Waals surface area (Å²) in [5, 5.41) is 3.15. The van der Waals surface area contributed by atoms with Gasteiger partial charge >= 0.3 is 0 Å². The number of nitrogens with zero attached hydrogens (tertiary/aromatic N) is 1. The van der Waals surface area contributed by atoms with Crippen LogP contribution in [0.3, 0.4) is 0 Å². The summed E-state index contributed by atoms with van der Waals surface area (Å²) < 4.78 is 6.74. The molecule has 4 heteroatoms. The molecule has 1 N–H and O–H groups in total. The Hall–Kier alpha value is -2.75. The largest absolute Gasteiger partial charge is 0.497 e. The molecule has 2 aromatic carbocycles. The molecule has 0 spiro atoms. The van der Waals surface area contributed by atoms with Crippen molar-refractivity contribution >= 4 is 0 Å². The van der Waals surface area contributed by atoms with Crippen molar-refractivity contribution in [3.63, 3.8) is 0 Å². The van der Waals surface area contributed by atoms with Gasteiger partial charge in [-0.2, -0.15) is 0 Å². The lowest BCUT2D eigenvalue weighted by atomic mass is 10.1. The van der Waals surface area contributed by atoms with Crippen molar-refractivity contribution < 1.29 is 4.74 Å². The van der Waals surface area contributed by atoms with Crippen LogP contribution in [-0.4, -0.2) is 16.9 Å². The Morgan fingerprint density at radius 3 is 2.43 bits per heavy atom. The van der Waals surface area contributed by atoms with E-state index in [1.54, 1.807) is 17.9 Å². The molecular weight excluding hydrogens is 264 g/mol. The van der Waals surface area contributed by atoms with Crippen LogP contribution in [0.4, 0.5) is 0 Å². The van der Waals surface area contributed by atoms with Crippen LogP contribution in [0.25, 0.3) is 11.3 Å². The first-order chi connectivity index (χ1) is 10.3. The molecule has 3 rings (SSSR count). The molecule has 0 amide bonds. The van der Waals surface area contributed by atoms with Gasteiger partial charge in [-0.05, 0) is 35.4 Å². The number of H-pyrrole nitrogens is 1. The fourth-order valence-electron chi connectivity index (χ4n) is 2.24. The highest BCUT2D eigenvalue weighted by molar-refractivity contribution is 5.59. The second-order valence-corrected chi connectivity index (χ2v) is 4.81. The maximum absolute atomic E-state index is 12.0. The minimum atomic E-state index is -0.0373. The van der Waals surface area contributed by atoms with Gasteiger partial charge in [0.1, 0.15) is 5.75 Å². The predicted molar refractivity (Wildman–Crippen MR) is 82.6 cm³/mol. The van der Waals surface area contributed by atoms with Crippen molar-refractivity contribution in [2.24, 2.45) is 0 Å². The molecule has 0 saturated carbocycles. The van der Waals surface area contributed by atoms with Gasteiger partial charge in [0.2, 0.25) is 0 Å². The summed E-state index contributed by atoms with van der Waals surface area (Å²) in [4.78, 5) is 12.0. The van der Waals surface area contributed by atoms with E-state index >= 15 is 0 Å². The van der Waals surface area contributed by atoms with Crippen LogP contribution in [0, 0.1) is 0 Å². The molecule has 1 heterocycles. The number of hydrogen-bond acceptors (Lipinski definition) is 2. The number of aromatic nitrogens is 2. The third-order valence-electron chi connectivity index (χ3n) is 3.37. The van der Waals surface area contributed by atoms with E-state index in [4.69, 9.17) is 4.74 Å². The first kappa shape index (κ1) is 13.2. The molecule has 0 fully saturated rings. The summed E-state index contributed by atoms with van der Waals surface area (Å²) in [7, 11) is 1.63. The van der Waals surface area contributed by atoms with Crippen LogP contribution in [0.5, 0.6) is 5.75 Å². The monoisotopic (exact) mass is 280 g/mol. The Bertz CT molecular complexity index is 771. The third kappa shape index (κ3) is 2.89. The van der Waals surface area contributed by atoms with Crippen molar-refractivity contribution in [2.75, 3.05) is 7.11 Å². The number of rotatable bonds is 4. The van der Waals surface area contributed by atoms with Gasteiger partial charge < -0.3 is 4.74 Å². The van der Waals surface area contributed by atoms with Crippen LogP contribution in [-0.2, 0) is 6.54 Å². The third-order valence-corrected chi connectivity index (χ3v) is 3.37. The van der Waals surface area contributed by atoms with E-state index in [1.165, 1.54) is 0 Å². The van der Waals surface area contributed by atoms with Gasteiger partial charge in [0.25, 0.3) is 5.56 Å². The van der Waals surface area contributed by atoms with Crippen molar-refractivity contribution in [2.45, 2.75) is 6.54 Å². The molecule has 0 atom stereocenters. The second-order valence-electron chi connectivity index (χ2n) is 4.81. The van der Waals surface area contributed by atoms with Crippen LogP contribution < -0.4 is 10.3 Å². The second kappa shape index (κ2) is 5.71. The van der Waals surface area contributed by atoms with Crippen LogP contribution >= 0.6 is 0 Å². The molecule has 0 aliphatic heterocycles. The molecule has 0 unspecified atom stereocenters. The fraction of sp³-hybridized carbons (Fsp3) is 0.118. The maximum atomic E-state index is 12.0. The van der Waals surface area contributed by atoms with E-state index in [0.29, 0.717) is 6.54 Å². The number of hydrogen-bond donors (Lipinski definition) is 1. The molecule has 0 saturated heterocycles. The Labute approximate surface area is 122 Å².